The van der Waals surface area contributed by atoms with Crippen LogP contribution in [0.15, 0.2) is 12.1 Å². The molecule has 1 aromatic carbocycles. The summed E-state index contributed by atoms with van der Waals surface area (Å²) in [7, 11) is 1.61. The first kappa shape index (κ1) is 14.5. The van der Waals surface area contributed by atoms with Crippen molar-refractivity contribution < 1.29 is 14.6 Å². The summed E-state index contributed by atoms with van der Waals surface area (Å²) in [4.78, 5) is 11.3. The Morgan fingerprint density at radius 3 is 2.44 bits per heavy atom. The van der Waals surface area contributed by atoms with E-state index in [0.717, 1.165) is 22.4 Å². The molecule has 0 aliphatic heterocycles. The quantitative estimate of drug-likeness (QED) is 0.842. The second-order valence-electron chi connectivity index (χ2n) is 4.70. The molecule has 0 aliphatic rings. The summed E-state index contributed by atoms with van der Waals surface area (Å²) in [5.74, 6) is -0.632. The Bertz CT molecular complexity index is 441. The average Bonchev–Trinajstić information content (AvgIpc) is 2.30. The van der Waals surface area contributed by atoms with Gasteiger partial charge in [0.15, 0.2) is 0 Å². The van der Waals surface area contributed by atoms with Gasteiger partial charge >= 0.3 is 5.97 Å². The second kappa shape index (κ2) is 5.87. The number of methoxy groups -OCH3 is 1. The molecule has 1 rings (SSSR count). The van der Waals surface area contributed by atoms with Gasteiger partial charge in [0.1, 0.15) is 5.75 Å². The van der Waals surface area contributed by atoms with E-state index in [1.54, 1.807) is 7.11 Å². The molecule has 0 aromatic heterocycles. The van der Waals surface area contributed by atoms with E-state index in [1.807, 2.05) is 32.9 Å². The molecular formula is C14H21NO3. The number of rotatable bonds is 5. The number of carbonyl (C=O) groups is 1. The number of aliphatic carboxylic acids is 1. The van der Waals surface area contributed by atoms with Crippen LogP contribution in [0.3, 0.4) is 0 Å². The fourth-order valence-electron chi connectivity index (χ4n) is 2.25. The normalized spacial score (nSPS) is 12.6. The molecule has 4 heteroatoms. The summed E-state index contributed by atoms with van der Waals surface area (Å²) in [6, 6.07) is 3.73. The molecule has 0 amide bonds. The number of carboxylic acids is 1. The lowest BCUT2D eigenvalue weighted by Gasteiger charge is -2.22. The first-order valence-electron chi connectivity index (χ1n) is 6.04. The third-order valence-electron chi connectivity index (χ3n) is 3.12. The van der Waals surface area contributed by atoms with Crippen LogP contribution in [0.2, 0.25) is 0 Å². The number of ether oxygens (including phenoxy) is 1. The van der Waals surface area contributed by atoms with Gasteiger partial charge in [-0.05, 0) is 24.0 Å². The molecule has 0 saturated heterocycles. The Morgan fingerprint density at radius 1 is 1.44 bits per heavy atom. The van der Waals surface area contributed by atoms with Crippen LogP contribution in [0.25, 0.3) is 0 Å². The minimum Gasteiger partial charge on any atom is -0.496 e. The summed E-state index contributed by atoms with van der Waals surface area (Å²) in [5, 5.41) is 9.24. The van der Waals surface area contributed by atoms with Crippen LogP contribution in [0, 0.1) is 6.92 Å². The van der Waals surface area contributed by atoms with Gasteiger partial charge in [0.25, 0.3) is 0 Å². The third kappa shape index (κ3) is 2.64. The highest BCUT2D eigenvalue weighted by Crippen LogP contribution is 2.36. The maximum absolute atomic E-state index is 11.3. The van der Waals surface area contributed by atoms with Gasteiger partial charge < -0.3 is 15.6 Å². The smallest absolute Gasteiger partial charge is 0.312 e. The van der Waals surface area contributed by atoms with E-state index < -0.39 is 11.9 Å². The zero-order valence-corrected chi connectivity index (χ0v) is 11.4. The molecule has 100 valence electrons. The topological polar surface area (TPSA) is 72.5 Å². The van der Waals surface area contributed by atoms with Gasteiger partial charge in [0.05, 0.1) is 13.0 Å². The molecule has 1 unspecified atom stereocenters. The standard InChI is InChI=1S/C14H21NO3/c1-8(2)12-10(11(7-15)14(16)17)6-5-9(3)13(12)18-4/h5-6,8,11H,7,15H2,1-4H3,(H,16,17). The summed E-state index contributed by atoms with van der Waals surface area (Å²) in [5.41, 5.74) is 8.28. The summed E-state index contributed by atoms with van der Waals surface area (Å²) < 4.78 is 5.42. The van der Waals surface area contributed by atoms with Crippen LogP contribution in [-0.4, -0.2) is 24.7 Å². The zero-order chi connectivity index (χ0) is 13.9. The van der Waals surface area contributed by atoms with Crippen molar-refractivity contribution in [2.75, 3.05) is 13.7 Å². The fourth-order valence-corrected chi connectivity index (χ4v) is 2.25. The van der Waals surface area contributed by atoms with Gasteiger partial charge in [-0.25, -0.2) is 0 Å². The monoisotopic (exact) mass is 251 g/mol. The molecule has 0 aliphatic carbocycles. The molecule has 0 heterocycles. The van der Waals surface area contributed by atoms with Crippen LogP contribution in [0.4, 0.5) is 0 Å². The lowest BCUT2D eigenvalue weighted by Crippen LogP contribution is -2.23. The van der Waals surface area contributed by atoms with E-state index in [9.17, 15) is 9.90 Å². The fraction of sp³-hybridized carbons (Fsp3) is 0.500. The molecule has 18 heavy (non-hydrogen) atoms. The highest BCUT2D eigenvalue weighted by atomic mass is 16.5. The maximum atomic E-state index is 11.3. The van der Waals surface area contributed by atoms with E-state index in [4.69, 9.17) is 10.5 Å². The van der Waals surface area contributed by atoms with Crippen LogP contribution in [0.1, 0.15) is 42.4 Å². The number of aryl methyl sites for hydroxylation is 1. The van der Waals surface area contributed by atoms with Crippen LogP contribution in [0.5, 0.6) is 5.75 Å². The van der Waals surface area contributed by atoms with E-state index in [0.29, 0.717) is 0 Å². The van der Waals surface area contributed by atoms with Crippen LogP contribution in [-0.2, 0) is 4.79 Å². The molecule has 1 aromatic rings. The van der Waals surface area contributed by atoms with Gasteiger partial charge in [-0.1, -0.05) is 26.0 Å². The van der Waals surface area contributed by atoms with E-state index in [2.05, 4.69) is 0 Å². The number of hydrogen-bond donors (Lipinski definition) is 2. The van der Waals surface area contributed by atoms with Crippen molar-refractivity contribution in [1.82, 2.24) is 0 Å². The van der Waals surface area contributed by atoms with Crippen molar-refractivity contribution in [3.05, 3.63) is 28.8 Å². The SMILES string of the molecule is COc1c(C)ccc(C(CN)C(=O)O)c1C(C)C. The highest BCUT2D eigenvalue weighted by molar-refractivity contribution is 5.77. The Hall–Kier alpha value is -1.55. The average molecular weight is 251 g/mol. The summed E-state index contributed by atoms with van der Waals surface area (Å²) in [6.07, 6.45) is 0. The lowest BCUT2D eigenvalue weighted by molar-refractivity contribution is -0.138. The van der Waals surface area contributed by atoms with Gasteiger partial charge in [0, 0.05) is 12.1 Å². The predicted molar refractivity (Wildman–Crippen MR) is 71.3 cm³/mol. The zero-order valence-electron chi connectivity index (χ0n) is 11.4. The Morgan fingerprint density at radius 2 is 2.06 bits per heavy atom. The first-order valence-corrected chi connectivity index (χ1v) is 6.04. The first-order chi connectivity index (χ1) is 8.43. The Kier molecular flexibility index (Phi) is 4.73. The second-order valence-corrected chi connectivity index (χ2v) is 4.70. The molecule has 3 N–H and O–H groups in total. The van der Waals surface area contributed by atoms with Crippen molar-refractivity contribution in [3.63, 3.8) is 0 Å². The lowest BCUT2D eigenvalue weighted by atomic mass is 9.86. The summed E-state index contributed by atoms with van der Waals surface area (Å²) >= 11 is 0. The van der Waals surface area contributed by atoms with Crippen LogP contribution >= 0.6 is 0 Å². The molecule has 0 bridgehead atoms. The number of nitrogens with two attached hydrogens (primary N) is 1. The van der Waals surface area contributed by atoms with E-state index in [-0.39, 0.29) is 12.5 Å². The van der Waals surface area contributed by atoms with Crippen LogP contribution < -0.4 is 10.5 Å². The van der Waals surface area contributed by atoms with Gasteiger partial charge in [-0.2, -0.15) is 0 Å². The van der Waals surface area contributed by atoms with Crippen molar-refractivity contribution in [3.8, 4) is 5.75 Å². The van der Waals surface area contributed by atoms with Crippen molar-refractivity contribution in [2.24, 2.45) is 5.73 Å². The molecule has 0 saturated carbocycles. The minimum absolute atomic E-state index is 0.0846. The molecular weight excluding hydrogens is 230 g/mol. The molecule has 0 spiro atoms. The van der Waals surface area contributed by atoms with Crippen molar-refractivity contribution in [1.29, 1.82) is 0 Å². The maximum Gasteiger partial charge on any atom is 0.312 e. The predicted octanol–water partition coefficient (Wildman–Crippen LogP) is 2.25. The third-order valence-corrected chi connectivity index (χ3v) is 3.12. The van der Waals surface area contributed by atoms with Gasteiger partial charge in [-0.3, -0.25) is 4.79 Å². The highest BCUT2D eigenvalue weighted by Gasteiger charge is 2.25. The minimum atomic E-state index is -0.898. The number of carboxylic acid groups (broad SMARTS) is 1. The summed E-state index contributed by atoms with van der Waals surface area (Å²) in [6.45, 7) is 6.08. The molecule has 0 fully saturated rings. The van der Waals surface area contributed by atoms with E-state index >= 15 is 0 Å². The van der Waals surface area contributed by atoms with Crippen molar-refractivity contribution in [2.45, 2.75) is 32.6 Å². The van der Waals surface area contributed by atoms with Gasteiger partial charge in [-0.15, -0.1) is 0 Å². The Balaban J connectivity index is 3.48. The van der Waals surface area contributed by atoms with Gasteiger partial charge in [0.2, 0.25) is 0 Å². The van der Waals surface area contributed by atoms with E-state index in [1.165, 1.54) is 0 Å². The number of benzene rings is 1. The molecule has 0 radical (unpaired) electrons. The largest absolute Gasteiger partial charge is 0.496 e. The van der Waals surface area contributed by atoms with Crippen molar-refractivity contribution >= 4 is 5.97 Å². The molecule has 1 atom stereocenters. The number of hydrogen-bond acceptors (Lipinski definition) is 3. The Labute approximate surface area is 108 Å². The molecule has 4 nitrogen and oxygen atoms in total.